The second-order valence-corrected chi connectivity index (χ2v) is 6.01. The van der Waals surface area contributed by atoms with E-state index in [-0.39, 0.29) is 25.7 Å². The van der Waals surface area contributed by atoms with Crippen LogP contribution in [-0.2, 0) is 17.9 Å². The van der Waals surface area contributed by atoms with Crippen LogP contribution in [0.25, 0.3) is 0 Å². The summed E-state index contributed by atoms with van der Waals surface area (Å²) in [6.07, 6.45) is 1.63. The number of nitrogens with one attached hydrogen (secondary N) is 1. The van der Waals surface area contributed by atoms with Gasteiger partial charge < -0.3 is 15.2 Å². The molecule has 0 saturated heterocycles. The fourth-order valence-electron chi connectivity index (χ4n) is 2.55. The monoisotopic (exact) mass is 352 g/mol. The van der Waals surface area contributed by atoms with Crippen molar-refractivity contribution in [2.24, 2.45) is 0 Å². The number of hydrogen-bond donors (Lipinski definition) is 2. The summed E-state index contributed by atoms with van der Waals surface area (Å²) in [6.45, 7) is 0.265. The van der Waals surface area contributed by atoms with Crippen LogP contribution in [0.5, 0.6) is 5.88 Å². The fourth-order valence-corrected chi connectivity index (χ4v) is 3.15. The number of pyridine rings is 1. The summed E-state index contributed by atoms with van der Waals surface area (Å²) in [4.78, 5) is 16.5. The van der Waals surface area contributed by atoms with E-state index in [4.69, 9.17) is 27.9 Å². The van der Waals surface area contributed by atoms with Gasteiger partial charge in [-0.2, -0.15) is 0 Å². The van der Waals surface area contributed by atoms with Crippen molar-refractivity contribution in [3.05, 3.63) is 57.2 Å². The lowest BCUT2D eigenvalue weighted by atomic mass is 10.0. The van der Waals surface area contributed by atoms with Gasteiger partial charge in [0.05, 0.1) is 6.61 Å². The van der Waals surface area contributed by atoms with Crippen molar-refractivity contribution in [1.82, 2.24) is 10.3 Å². The van der Waals surface area contributed by atoms with Crippen LogP contribution in [0, 0.1) is 0 Å². The molecule has 0 saturated carbocycles. The van der Waals surface area contributed by atoms with Crippen LogP contribution in [0.2, 0.25) is 10.0 Å². The van der Waals surface area contributed by atoms with Gasteiger partial charge in [0, 0.05) is 28.4 Å². The molecule has 0 aliphatic carbocycles. The minimum atomic E-state index is -0.401. The first-order valence-electron chi connectivity index (χ1n) is 7.03. The van der Waals surface area contributed by atoms with E-state index >= 15 is 0 Å². The molecule has 5 nitrogen and oxygen atoms in total. The summed E-state index contributed by atoms with van der Waals surface area (Å²) in [7, 11) is 0. The molecule has 2 heterocycles. The number of aliphatic hydroxyl groups excluding tert-OH is 1. The molecule has 2 aromatic rings. The smallest absolute Gasteiger partial charge is 0.231 e. The summed E-state index contributed by atoms with van der Waals surface area (Å²) in [5.74, 6) is -0.0813. The number of aromatic nitrogens is 1. The van der Waals surface area contributed by atoms with E-state index in [1.165, 1.54) is 0 Å². The van der Waals surface area contributed by atoms with Gasteiger partial charge in [0.15, 0.2) is 0 Å². The first kappa shape index (κ1) is 16.1. The lowest BCUT2D eigenvalue weighted by molar-refractivity contribution is -0.122. The molecule has 0 bridgehead atoms. The maximum atomic E-state index is 12.4. The third kappa shape index (κ3) is 3.27. The standard InChI is InChI=1S/C16H14Cl2N2O3/c17-10-4-9(7-21)12(14(18)5-10)6-20-15(22)13-8-23-16-11(13)2-1-3-19-16/h1-5,13,21H,6-8H2,(H,20,22). The van der Waals surface area contributed by atoms with Crippen LogP contribution in [-0.4, -0.2) is 22.6 Å². The predicted molar refractivity (Wildman–Crippen MR) is 86.7 cm³/mol. The van der Waals surface area contributed by atoms with Crippen molar-refractivity contribution < 1.29 is 14.6 Å². The van der Waals surface area contributed by atoms with Crippen molar-refractivity contribution in [2.45, 2.75) is 19.1 Å². The van der Waals surface area contributed by atoms with Crippen molar-refractivity contribution in [3.63, 3.8) is 0 Å². The number of ether oxygens (including phenoxy) is 1. The Hall–Kier alpha value is -1.82. The van der Waals surface area contributed by atoms with Crippen LogP contribution in [0.15, 0.2) is 30.5 Å². The van der Waals surface area contributed by atoms with Gasteiger partial charge in [-0.25, -0.2) is 4.98 Å². The number of rotatable bonds is 4. The molecule has 1 atom stereocenters. The maximum Gasteiger partial charge on any atom is 0.231 e. The molecule has 1 aliphatic rings. The number of amides is 1. The van der Waals surface area contributed by atoms with Crippen molar-refractivity contribution in [1.29, 1.82) is 0 Å². The molecule has 7 heteroatoms. The molecule has 1 amide bonds. The molecule has 2 N–H and O–H groups in total. The van der Waals surface area contributed by atoms with Crippen LogP contribution >= 0.6 is 23.2 Å². The van der Waals surface area contributed by atoms with Crippen molar-refractivity contribution in [2.75, 3.05) is 6.61 Å². The number of nitrogens with zero attached hydrogens (tertiary/aromatic N) is 1. The molecular formula is C16H14Cl2N2O3. The lowest BCUT2D eigenvalue weighted by Gasteiger charge is -2.14. The van der Waals surface area contributed by atoms with Crippen molar-refractivity contribution >= 4 is 29.1 Å². The zero-order valence-corrected chi connectivity index (χ0v) is 13.6. The Morgan fingerprint density at radius 3 is 3.04 bits per heavy atom. The molecular weight excluding hydrogens is 339 g/mol. The maximum absolute atomic E-state index is 12.4. The summed E-state index contributed by atoms with van der Waals surface area (Å²) in [6, 6.07) is 6.82. The molecule has 1 aromatic heterocycles. The third-order valence-electron chi connectivity index (χ3n) is 3.74. The quantitative estimate of drug-likeness (QED) is 0.887. The first-order valence-corrected chi connectivity index (χ1v) is 7.79. The zero-order valence-electron chi connectivity index (χ0n) is 12.1. The van der Waals surface area contributed by atoms with Gasteiger partial charge in [-0.05, 0) is 29.3 Å². The normalized spacial score (nSPS) is 15.9. The second kappa shape index (κ2) is 6.74. The highest BCUT2D eigenvalue weighted by Gasteiger charge is 2.31. The summed E-state index contributed by atoms with van der Waals surface area (Å²) in [5.41, 5.74) is 2.01. The molecule has 1 unspecified atom stereocenters. The van der Waals surface area contributed by atoms with Gasteiger partial charge in [-0.15, -0.1) is 0 Å². The summed E-state index contributed by atoms with van der Waals surface area (Å²) in [5, 5.41) is 13.1. The Balaban J connectivity index is 1.74. The first-order chi connectivity index (χ1) is 11.1. The van der Waals surface area contributed by atoms with E-state index in [1.54, 1.807) is 24.4 Å². The lowest BCUT2D eigenvalue weighted by Crippen LogP contribution is -2.30. The van der Waals surface area contributed by atoms with E-state index in [2.05, 4.69) is 10.3 Å². The average Bonchev–Trinajstić information content (AvgIpc) is 2.97. The summed E-state index contributed by atoms with van der Waals surface area (Å²) < 4.78 is 5.41. The van der Waals surface area contributed by atoms with Gasteiger partial charge >= 0.3 is 0 Å². The number of fused-ring (bicyclic) bond motifs is 1. The number of hydrogen-bond acceptors (Lipinski definition) is 4. The number of carbonyl (C=O) groups excluding carboxylic acids is 1. The molecule has 0 spiro atoms. The number of halogens is 2. The summed E-state index contributed by atoms with van der Waals surface area (Å²) >= 11 is 12.1. The van der Waals surface area contributed by atoms with Gasteiger partial charge in [0.2, 0.25) is 11.8 Å². The Kier molecular flexibility index (Phi) is 4.71. The highest BCUT2D eigenvalue weighted by molar-refractivity contribution is 6.35. The van der Waals surface area contributed by atoms with E-state index in [0.717, 1.165) is 5.56 Å². The number of carbonyl (C=O) groups is 1. The van der Waals surface area contributed by atoms with Gasteiger partial charge in [0.25, 0.3) is 0 Å². The third-order valence-corrected chi connectivity index (χ3v) is 4.30. The Bertz CT molecular complexity index is 752. The average molecular weight is 353 g/mol. The highest BCUT2D eigenvalue weighted by atomic mass is 35.5. The molecule has 3 rings (SSSR count). The van der Waals surface area contributed by atoms with E-state index < -0.39 is 5.92 Å². The van der Waals surface area contributed by atoms with E-state index in [9.17, 15) is 9.90 Å². The van der Waals surface area contributed by atoms with Crippen LogP contribution in [0.1, 0.15) is 22.6 Å². The zero-order chi connectivity index (χ0) is 16.4. The second-order valence-electron chi connectivity index (χ2n) is 5.16. The molecule has 23 heavy (non-hydrogen) atoms. The molecule has 0 fully saturated rings. The fraction of sp³-hybridized carbons (Fsp3) is 0.250. The number of aliphatic hydroxyl groups is 1. The Morgan fingerprint density at radius 2 is 2.26 bits per heavy atom. The molecule has 1 aliphatic heterocycles. The number of benzene rings is 1. The highest BCUT2D eigenvalue weighted by Crippen LogP contribution is 2.32. The molecule has 1 aromatic carbocycles. The largest absolute Gasteiger partial charge is 0.476 e. The van der Waals surface area contributed by atoms with Gasteiger partial charge in [0.1, 0.15) is 12.5 Å². The van der Waals surface area contributed by atoms with E-state index in [0.29, 0.717) is 27.1 Å². The Labute approximate surface area is 143 Å². The van der Waals surface area contributed by atoms with Crippen molar-refractivity contribution in [3.8, 4) is 5.88 Å². The minimum absolute atomic E-state index is 0.174. The predicted octanol–water partition coefficient (Wildman–Crippen LogP) is 2.67. The molecule has 0 radical (unpaired) electrons. The van der Waals surface area contributed by atoms with Crippen LogP contribution < -0.4 is 10.1 Å². The molecule has 120 valence electrons. The SMILES string of the molecule is O=C(NCc1c(Cl)cc(Cl)cc1CO)C1COc2ncccc21. The van der Waals surface area contributed by atoms with Crippen LogP contribution in [0.3, 0.4) is 0 Å². The van der Waals surface area contributed by atoms with E-state index in [1.807, 2.05) is 6.07 Å². The van der Waals surface area contributed by atoms with Gasteiger partial charge in [-0.1, -0.05) is 29.3 Å². The minimum Gasteiger partial charge on any atom is -0.476 e. The van der Waals surface area contributed by atoms with Gasteiger partial charge in [-0.3, -0.25) is 4.79 Å². The topological polar surface area (TPSA) is 71.5 Å². The Morgan fingerprint density at radius 1 is 1.43 bits per heavy atom. The van der Waals surface area contributed by atoms with Crippen LogP contribution in [0.4, 0.5) is 0 Å².